The first-order valence-corrected chi connectivity index (χ1v) is 7.79. The van der Waals surface area contributed by atoms with Crippen LogP contribution < -0.4 is 10.1 Å². The van der Waals surface area contributed by atoms with Gasteiger partial charge in [0.05, 0.1) is 19.6 Å². The second-order valence-electron chi connectivity index (χ2n) is 5.58. The van der Waals surface area contributed by atoms with Crippen LogP contribution in [0.5, 0.6) is 5.75 Å². The van der Waals surface area contributed by atoms with Gasteiger partial charge in [-0.25, -0.2) is 0 Å². The SMILES string of the molecule is CCC(C(=O)Nc1ccc2c(c1)C=NC2)c1ccccc1OC. The van der Waals surface area contributed by atoms with Crippen molar-refractivity contribution in [3.8, 4) is 5.75 Å². The van der Waals surface area contributed by atoms with Crippen molar-refractivity contribution >= 4 is 17.8 Å². The second-order valence-corrected chi connectivity index (χ2v) is 5.58. The number of ether oxygens (including phenoxy) is 1. The molecule has 0 saturated heterocycles. The Kier molecular flexibility index (Phi) is 4.42. The topological polar surface area (TPSA) is 50.7 Å². The third-order valence-electron chi connectivity index (χ3n) is 4.14. The van der Waals surface area contributed by atoms with Crippen LogP contribution in [0.25, 0.3) is 0 Å². The summed E-state index contributed by atoms with van der Waals surface area (Å²) < 4.78 is 5.39. The van der Waals surface area contributed by atoms with Gasteiger partial charge in [-0.3, -0.25) is 9.79 Å². The van der Waals surface area contributed by atoms with Crippen LogP contribution >= 0.6 is 0 Å². The summed E-state index contributed by atoms with van der Waals surface area (Å²) in [5, 5.41) is 3.02. The van der Waals surface area contributed by atoms with Gasteiger partial charge >= 0.3 is 0 Å². The number of nitrogens with zero attached hydrogens (tertiary/aromatic N) is 1. The molecule has 23 heavy (non-hydrogen) atoms. The summed E-state index contributed by atoms with van der Waals surface area (Å²) in [5.41, 5.74) is 3.99. The molecule has 0 radical (unpaired) electrons. The van der Waals surface area contributed by atoms with Crippen LogP contribution in [0, 0.1) is 0 Å². The summed E-state index contributed by atoms with van der Waals surface area (Å²) >= 11 is 0. The highest BCUT2D eigenvalue weighted by molar-refractivity contribution is 5.97. The monoisotopic (exact) mass is 308 g/mol. The van der Waals surface area contributed by atoms with Crippen molar-refractivity contribution in [3.63, 3.8) is 0 Å². The van der Waals surface area contributed by atoms with Crippen molar-refractivity contribution in [3.05, 3.63) is 59.2 Å². The number of benzene rings is 2. The number of amides is 1. The van der Waals surface area contributed by atoms with Gasteiger partial charge in [-0.05, 0) is 35.7 Å². The van der Waals surface area contributed by atoms with E-state index in [0.717, 1.165) is 29.1 Å². The molecular weight excluding hydrogens is 288 g/mol. The zero-order valence-corrected chi connectivity index (χ0v) is 13.4. The lowest BCUT2D eigenvalue weighted by molar-refractivity contribution is -0.117. The van der Waals surface area contributed by atoms with Crippen molar-refractivity contribution in [2.24, 2.45) is 4.99 Å². The molecule has 0 bridgehead atoms. The minimum absolute atomic E-state index is 0.0214. The van der Waals surface area contributed by atoms with Gasteiger partial charge in [-0.2, -0.15) is 0 Å². The van der Waals surface area contributed by atoms with E-state index in [0.29, 0.717) is 6.42 Å². The van der Waals surface area contributed by atoms with E-state index in [1.54, 1.807) is 7.11 Å². The molecular formula is C19H20N2O2. The molecule has 1 unspecified atom stereocenters. The molecule has 1 aliphatic heterocycles. The summed E-state index contributed by atoms with van der Waals surface area (Å²) in [4.78, 5) is 17.0. The molecule has 0 fully saturated rings. The molecule has 1 aliphatic rings. The van der Waals surface area contributed by atoms with Gasteiger partial charge in [0, 0.05) is 17.5 Å². The van der Waals surface area contributed by atoms with Crippen LogP contribution in [0.4, 0.5) is 5.69 Å². The highest BCUT2D eigenvalue weighted by Gasteiger charge is 2.22. The number of hydrogen-bond acceptors (Lipinski definition) is 3. The van der Waals surface area contributed by atoms with E-state index < -0.39 is 0 Å². The molecule has 2 aromatic rings. The van der Waals surface area contributed by atoms with E-state index in [-0.39, 0.29) is 11.8 Å². The maximum atomic E-state index is 12.7. The number of methoxy groups -OCH3 is 1. The Labute approximate surface area is 136 Å². The van der Waals surface area contributed by atoms with Crippen LogP contribution in [-0.4, -0.2) is 19.2 Å². The summed E-state index contributed by atoms with van der Waals surface area (Å²) in [6, 6.07) is 13.6. The molecule has 3 rings (SSSR count). The van der Waals surface area contributed by atoms with Crippen molar-refractivity contribution in [1.29, 1.82) is 0 Å². The number of anilines is 1. The molecule has 118 valence electrons. The fraction of sp³-hybridized carbons (Fsp3) is 0.263. The molecule has 2 aromatic carbocycles. The van der Waals surface area contributed by atoms with Gasteiger partial charge < -0.3 is 10.1 Å². The number of aliphatic imine (C=N–C) groups is 1. The van der Waals surface area contributed by atoms with Crippen molar-refractivity contribution in [2.75, 3.05) is 12.4 Å². The largest absolute Gasteiger partial charge is 0.496 e. The normalized spacial score (nSPS) is 13.5. The Morgan fingerprint density at radius 2 is 2.13 bits per heavy atom. The van der Waals surface area contributed by atoms with Crippen molar-refractivity contribution < 1.29 is 9.53 Å². The van der Waals surface area contributed by atoms with E-state index in [9.17, 15) is 4.79 Å². The lowest BCUT2D eigenvalue weighted by Crippen LogP contribution is -2.21. The Hall–Kier alpha value is -2.62. The predicted octanol–water partition coefficient (Wildman–Crippen LogP) is 3.76. The van der Waals surface area contributed by atoms with Gasteiger partial charge in [0.15, 0.2) is 0 Å². The standard InChI is InChI=1S/C19H20N2O2/c1-3-16(17-6-4-5-7-18(17)23-2)19(22)21-15-9-8-13-11-20-12-14(13)10-15/h4-10,12,16H,3,11H2,1-2H3,(H,21,22). The second kappa shape index (κ2) is 6.65. The predicted molar refractivity (Wildman–Crippen MR) is 92.4 cm³/mol. The Morgan fingerprint density at radius 3 is 2.91 bits per heavy atom. The zero-order valence-electron chi connectivity index (χ0n) is 13.4. The van der Waals surface area contributed by atoms with E-state index in [4.69, 9.17) is 4.74 Å². The summed E-state index contributed by atoms with van der Waals surface area (Å²) in [5.74, 6) is 0.482. The number of rotatable bonds is 5. The first-order chi connectivity index (χ1) is 11.2. The van der Waals surface area contributed by atoms with E-state index in [1.165, 1.54) is 5.56 Å². The van der Waals surface area contributed by atoms with Crippen molar-refractivity contribution in [2.45, 2.75) is 25.8 Å². The number of fused-ring (bicyclic) bond motifs is 1. The smallest absolute Gasteiger partial charge is 0.232 e. The summed E-state index contributed by atoms with van der Waals surface area (Å²) in [7, 11) is 1.63. The molecule has 4 heteroatoms. The zero-order chi connectivity index (χ0) is 16.2. The maximum Gasteiger partial charge on any atom is 0.232 e. The molecule has 0 saturated carbocycles. The molecule has 1 N–H and O–H groups in total. The first-order valence-electron chi connectivity index (χ1n) is 7.79. The van der Waals surface area contributed by atoms with Crippen LogP contribution in [0.15, 0.2) is 47.5 Å². The van der Waals surface area contributed by atoms with E-state index in [2.05, 4.69) is 10.3 Å². The highest BCUT2D eigenvalue weighted by atomic mass is 16.5. The molecule has 0 spiro atoms. The number of carbonyl (C=O) groups excluding carboxylic acids is 1. The fourth-order valence-corrected chi connectivity index (χ4v) is 2.91. The number of nitrogens with one attached hydrogen (secondary N) is 1. The molecule has 1 heterocycles. The van der Waals surface area contributed by atoms with E-state index >= 15 is 0 Å². The Balaban J connectivity index is 1.82. The Bertz CT molecular complexity index is 753. The van der Waals surface area contributed by atoms with Crippen molar-refractivity contribution in [1.82, 2.24) is 0 Å². The number of hydrogen-bond donors (Lipinski definition) is 1. The van der Waals surface area contributed by atoms with Crippen LogP contribution in [-0.2, 0) is 11.3 Å². The summed E-state index contributed by atoms with van der Waals surface area (Å²) in [6.45, 7) is 2.73. The average molecular weight is 308 g/mol. The Morgan fingerprint density at radius 1 is 1.30 bits per heavy atom. The molecule has 4 nitrogen and oxygen atoms in total. The molecule has 1 atom stereocenters. The van der Waals surface area contributed by atoms with Gasteiger partial charge in [0.2, 0.25) is 5.91 Å². The summed E-state index contributed by atoms with van der Waals surface area (Å²) in [6.07, 6.45) is 2.56. The van der Waals surface area contributed by atoms with Gasteiger partial charge in [-0.1, -0.05) is 31.2 Å². The number of para-hydroxylation sites is 1. The minimum atomic E-state index is -0.243. The van der Waals surface area contributed by atoms with Crippen LogP contribution in [0.3, 0.4) is 0 Å². The highest BCUT2D eigenvalue weighted by Crippen LogP contribution is 2.30. The fourth-order valence-electron chi connectivity index (χ4n) is 2.91. The third kappa shape index (κ3) is 3.11. The lowest BCUT2D eigenvalue weighted by atomic mass is 9.94. The molecule has 1 amide bonds. The van der Waals surface area contributed by atoms with Gasteiger partial charge in [0.1, 0.15) is 5.75 Å². The molecule has 0 aromatic heterocycles. The van der Waals surface area contributed by atoms with Crippen LogP contribution in [0.2, 0.25) is 0 Å². The molecule has 0 aliphatic carbocycles. The maximum absolute atomic E-state index is 12.7. The van der Waals surface area contributed by atoms with Gasteiger partial charge in [-0.15, -0.1) is 0 Å². The lowest BCUT2D eigenvalue weighted by Gasteiger charge is -2.18. The van der Waals surface area contributed by atoms with Gasteiger partial charge in [0.25, 0.3) is 0 Å². The first kappa shape index (κ1) is 15.3. The average Bonchev–Trinajstić information content (AvgIpc) is 3.03. The number of carbonyl (C=O) groups is 1. The minimum Gasteiger partial charge on any atom is -0.496 e. The van der Waals surface area contributed by atoms with Crippen LogP contribution in [0.1, 0.15) is 36.0 Å². The quantitative estimate of drug-likeness (QED) is 0.914. The van der Waals surface area contributed by atoms with E-state index in [1.807, 2.05) is 55.6 Å². The third-order valence-corrected chi connectivity index (χ3v) is 4.14.